The van der Waals surface area contributed by atoms with E-state index in [0.717, 1.165) is 22.9 Å². The SMILES string of the molecule is CCC1(CCC(=O)c2ccc(Br)cc2)COC(C)(C)OC1. The van der Waals surface area contributed by atoms with Crippen molar-refractivity contribution in [3.8, 4) is 0 Å². The van der Waals surface area contributed by atoms with Crippen LogP contribution in [0.15, 0.2) is 28.7 Å². The number of rotatable bonds is 5. The van der Waals surface area contributed by atoms with Gasteiger partial charge in [-0.05, 0) is 38.8 Å². The van der Waals surface area contributed by atoms with Gasteiger partial charge in [0.25, 0.3) is 0 Å². The Balaban J connectivity index is 1.94. The lowest BCUT2D eigenvalue weighted by atomic mass is 9.80. The third-order valence-corrected chi connectivity index (χ3v) is 4.78. The Hall–Kier alpha value is -0.710. The molecule has 4 heteroatoms. The zero-order chi connectivity index (χ0) is 15.5. The molecule has 1 aliphatic rings. The molecule has 0 bridgehead atoms. The van der Waals surface area contributed by atoms with Crippen LogP contribution >= 0.6 is 15.9 Å². The number of benzene rings is 1. The van der Waals surface area contributed by atoms with Gasteiger partial charge in [-0.2, -0.15) is 0 Å². The van der Waals surface area contributed by atoms with Crippen molar-refractivity contribution in [1.82, 2.24) is 0 Å². The first-order valence-corrected chi connectivity index (χ1v) is 8.22. The highest BCUT2D eigenvalue weighted by atomic mass is 79.9. The van der Waals surface area contributed by atoms with Crippen molar-refractivity contribution in [1.29, 1.82) is 0 Å². The largest absolute Gasteiger partial charge is 0.350 e. The second kappa shape index (κ2) is 6.59. The topological polar surface area (TPSA) is 35.5 Å². The van der Waals surface area contributed by atoms with E-state index < -0.39 is 5.79 Å². The summed E-state index contributed by atoms with van der Waals surface area (Å²) in [6.07, 6.45) is 2.29. The highest BCUT2D eigenvalue weighted by Gasteiger charge is 2.38. The van der Waals surface area contributed by atoms with E-state index >= 15 is 0 Å². The molecule has 1 aromatic rings. The number of Topliss-reactive ketones (excluding diaryl/α,β-unsaturated/α-hetero) is 1. The van der Waals surface area contributed by atoms with Crippen LogP contribution in [0.1, 0.15) is 50.4 Å². The molecule has 0 radical (unpaired) electrons. The molecule has 0 unspecified atom stereocenters. The number of ether oxygens (including phenoxy) is 2. The van der Waals surface area contributed by atoms with E-state index in [2.05, 4.69) is 22.9 Å². The molecular formula is C17H23BrO3. The number of carbonyl (C=O) groups excluding carboxylic acids is 1. The van der Waals surface area contributed by atoms with Gasteiger partial charge < -0.3 is 9.47 Å². The normalized spacial score (nSPS) is 20.2. The van der Waals surface area contributed by atoms with Crippen molar-refractivity contribution in [3.63, 3.8) is 0 Å². The molecule has 1 fully saturated rings. The van der Waals surface area contributed by atoms with Gasteiger partial charge in [-0.1, -0.05) is 35.0 Å². The minimum absolute atomic E-state index is 0.0411. The van der Waals surface area contributed by atoms with Crippen LogP contribution in [0.4, 0.5) is 0 Å². The third kappa shape index (κ3) is 4.38. The Bertz CT molecular complexity index is 483. The Kier molecular flexibility index (Phi) is 5.23. The minimum Gasteiger partial charge on any atom is -0.350 e. The van der Waals surface area contributed by atoms with Crippen LogP contribution < -0.4 is 0 Å². The van der Waals surface area contributed by atoms with Gasteiger partial charge in [-0.15, -0.1) is 0 Å². The Morgan fingerprint density at radius 1 is 1.19 bits per heavy atom. The van der Waals surface area contributed by atoms with Gasteiger partial charge in [0.1, 0.15) is 0 Å². The number of carbonyl (C=O) groups is 1. The molecule has 116 valence electrons. The molecule has 1 aromatic carbocycles. The lowest BCUT2D eigenvalue weighted by Crippen LogP contribution is -2.46. The molecule has 0 saturated carbocycles. The van der Waals surface area contributed by atoms with Crippen LogP contribution in [0.2, 0.25) is 0 Å². The molecule has 1 heterocycles. The first-order chi connectivity index (χ1) is 9.86. The van der Waals surface area contributed by atoms with Crippen LogP contribution in [0.3, 0.4) is 0 Å². The number of hydrogen-bond donors (Lipinski definition) is 0. The Morgan fingerprint density at radius 2 is 1.76 bits per heavy atom. The van der Waals surface area contributed by atoms with E-state index in [4.69, 9.17) is 9.47 Å². The summed E-state index contributed by atoms with van der Waals surface area (Å²) in [5, 5.41) is 0. The van der Waals surface area contributed by atoms with Gasteiger partial charge in [0, 0.05) is 21.9 Å². The van der Waals surface area contributed by atoms with Crippen LogP contribution in [0, 0.1) is 5.41 Å². The highest BCUT2D eigenvalue weighted by molar-refractivity contribution is 9.10. The fourth-order valence-electron chi connectivity index (χ4n) is 2.42. The van der Waals surface area contributed by atoms with Crippen LogP contribution in [0.25, 0.3) is 0 Å². The first kappa shape index (κ1) is 16.7. The van der Waals surface area contributed by atoms with Gasteiger partial charge in [0.2, 0.25) is 0 Å². The zero-order valence-electron chi connectivity index (χ0n) is 12.9. The second-order valence-corrected chi connectivity index (χ2v) is 7.18. The molecule has 0 aromatic heterocycles. The van der Waals surface area contributed by atoms with Crippen molar-refractivity contribution in [2.45, 2.75) is 45.8 Å². The summed E-state index contributed by atoms with van der Waals surface area (Å²) in [7, 11) is 0. The Morgan fingerprint density at radius 3 is 2.29 bits per heavy atom. The average molecular weight is 355 g/mol. The fourth-order valence-corrected chi connectivity index (χ4v) is 2.69. The molecular weight excluding hydrogens is 332 g/mol. The maximum absolute atomic E-state index is 12.3. The van der Waals surface area contributed by atoms with Crippen LogP contribution in [0.5, 0.6) is 0 Å². The van der Waals surface area contributed by atoms with Gasteiger partial charge >= 0.3 is 0 Å². The monoisotopic (exact) mass is 354 g/mol. The van der Waals surface area contributed by atoms with Crippen molar-refractivity contribution < 1.29 is 14.3 Å². The van der Waals surface area contributed by atoms with Gasteiger partial charge in [0.15, 0.2) is 11.6 Å². The summed E-state index contributed by atoms with van der Waals surface area (Å²) in [6, 6.07) is 7.53. The van der Waals surface area contributed by atoms with Crippen LogP contribution in [-0.2, 0) is 9.47 Å². The fraction of sp³-hybridized carbons (Fsp3) is 0.588. The van der Waals surface area contributed by atoms with Crippen molar-refractivity contribution in [2.24, 2.45) is 5.41 Å². The number of hydrogen-bond acceptors (Lipinski definition) is 3. The van der Waals surface area contributed by atoms with Gasteiger partial charge in [-0.3, -0.25) is 4.79 Å². The molecule has 0 amide bonds. The predicted octanol–water partition coefficient (Wildman–Crippen LogP) is 4.59. The second-order valence-electron chi connectivity index (χ2n) is 6.26. The summed E-state index contributed by atoms with van der Waals surface area (Å²) in [4.78, 5) is 12.3. The molecule has 0 spiro atoms. The van der Waals surface area contributed by atoms with E-state index in [-0.39, 0.29) is 11.2 Å². The smallest absolute Gasteiger partial charge is 0.162 e. The lowest BCUT2D eigenvalue weighted by Gasteiger charge is -2.43. The highest BCUT2D eigenvalue weighted by Crippen LogP contribution is 2.36. The lowest BCUT2D eigenvalue weighted by molar-refractivity contribution is -0.286. The Labute approximate surface area is 135 Å². The summed E-state index contributed by atoms with van der Waals surface area (Å²) in [5.74, 6) is -0.325. The predicted molar refractivity (Wildman–Crippen MR) is 86.4 cm³/mol. The van der Waals surface area contributed by atoms with Gasteiger partial charge in [-0.25, -0.2) is 0 Å². The maximum Gasteiger partial charge on any atom is 0.162 e. The minimum atomic E-state index is -0.506. The summed E-state index contributed by atoms with van der Waals surface area (Å²) >= 11 is 3.38. The third-order valence-electron chi connectivity index (χ3n) is 4.25. The van der Waals surface area contributed by atoms with E-state index in [1.165, 1.54) is 0 Å². The number of ketones is 1. The maximum atomic E-state index is 12.3. The summed E-state index contributed by atoms with van der Waals surface area (Å²) < 4.78 is 12.6. The van der Waals surface area contributed by atoms with Crippen molar-refractivity contribution in [3.05, 3.63) is 34.3 Å². The molecule has 0 atom stereocenters. The quantitative estimate of drug-likeness (QED) is 0.725. The summed E-state index contributed by atoms with van der Waals surface area (Å²) in [5.41, 5.74) is 0.725. The van der Waals surface area contributed by atoms with Crippen molar-refractivity contribution >= 4 is 21.7 Å². The molecule has 1 aliphatic heterocycles. The average Bonchev–Trinajstić information content (AvgIpc) is 2.47. The van der Waals surface area contributed by atoms with E-state index in [1.807, 2.05) is 38.1 Å². The standard InChI is InChI=1S/C17H23BrO3/c1-4-17(11-20-16(2,3)21-12-17)10-9-15(19)13-5-7-14(18)8-6-13/h5-8H,4,9-12H2,1-3H3. The van der Waals surface area contributed by atoms with E-state index in [0.29, 0.717) is 19.6 Å². The number of halogens is 1. The van der Waals surface area contributed by atoms with E-state index in [1.54, 1.807) is 0 Å². The molecule has 3 nitrogen and oxygen atoms in total. The molecule has 0 aliphatic carbocycles. The summed E-state index contributed by atoms with van der Waals surface area (Å²) in [6.45, 7) is 7.31. The van der Waals surface area contributed by atoms with Crippen LogP contribution in [-0.4, -0.2) is 24.8 Å². The van der Waals surface area contributed by atoms with Crippen molar-refractivity contribution in [2.75, 3.05) is 13.2 Å². The molecule has 21 heavy (non-hydrogen) atoms. The molecule has 1 saturated heterocycles. The first-order valence-electron chi connectivity index (χ1n) is 7.42. The van der Waals surface area contributed by atoms with E-state index in [9.17, 15) is 4.79 Å². The molecule has 2 rings (SSSR count). The zero-order valence-corrected chi connectivity index (χ0v) is 14.5. The van der Waals surface area contributed by atoms with Gasteiger partial charge in [0.05, 0.1) is 13.2 Å². The molecule has 0 N–H and O–H groups in total.